The molecule has 0 saturated heterocycles. The first-order valence-electron chi connectivity index (χ1n) is 5.83. The number of anilines is 1. The van der Waals surface area contributed by atoms with Crippen molar-refractivity contribution >= 4 is 11.6 Å². The number of furan rings is 1. The van der Waals surface area contributed by atoms with E-state index in [9.17, 15) is 4.79 Å². The lowest BCUT2D eigenvalue weighted by Gasteiger charge is -2.06. The quantitative estimate of drug-likeness (QED) is 0.810. The van der Waals surface area contributed by atoms with E-state index in [0.29, 0.717) is 24.2 Å². The molecule has 4 heteroatoms. The molecule has 2 rings (SSSR count). The lowest BCUT2D eigenvalue weighted by atomic mass is 10.1. The number of benzene rings is 1. The van der Waals surface area contributed by atoms with Gasteiger partial charge in [-0.1, -0.05) is 6.07 Å². The van der Waals surface area contributed by atoms with Gasteiger partial charge in [-0.3, -0.25) is 4.79 Å². The van der Waals surface area contributed by atoms with E-state index in [2.05, 4.69) is 5.32 Å². The molecule has 0 atom stereocenters. The lowest BCUT2D eigenvalue weighted by Crippen LogP contribution is -2.25. The van der Waals surface area contributed by atoms with Crippen molar-refractivity contribution in [2.75, 3.05) is 12.3 Å². The van der Waals surface area contributed by atoms with Gasteiger partial charge < -0.3 is 15.5 Å². The van der Waals surface area contributed by atoms with Gasteiger partial charge in [-0.25, -0.2) is 0 Å². The first kappa shape index (κ1) is 12.2. The Labute approximate surface area is 106 Å². The summed E-state index contributed by atoms with van der Waals surface area (Å²) in [5.74, 6) is 0.743. The van der Waals surface area contributed by atoms with Crippen LogP contribution in [0.1, 0.15) is 21.7 Å². The van der Waals surface area contributed by atoms with Crippen molar-refractivity contribution in [2.24, 2.45) is 0 Å². The van der Waals surface area contributed by atoms with Crippen LogP contribution in [0.15, 0.2) is 41.0 Å². The van der Waals surface area contributed by atoms with E-state index >= 15 is 0 Å². The van der Waals surface area contributed by atoms with E-state index in [1.165, 1.54) is 0 Å². The normalized spacial score (nSPS) is 10.3. The number of nitrogen functional groups attached to an aromatic ring is 1. The van der Waals surface area contributed by atoms with E-state index < -0.39 is 0 Å². The van der Waals surface area contributed by atoms with Gasteiger partial charge in [-0.05, 0) is 36.8 Å². The van der Waals surface area contributed by atoms with Crippen LogP contribution < -0.4 is 11.1 Å². The summed E-state index contributed by atoms with van der Waals surface area (Å²) in [6.07, 6.45) is 2.30. The molecular weight excluding hydrogens is 228 g/mol. The zero-order chi connectivity index (χ0) is 13.0. The second-order valence-electron chi connectivity index (χ2n) is 4.16. The molecule has 1 amide bonds. The number of carbonyl (C=O) groups is 1. The van der Waals surface area contributed by atoms with E-state index in [4.69, 9.17) is 10.2 Å². The van der Waals surface area contributed by atoms with Gasteiger partial charge in [0.1, 0.15) is 5.76 Å². The van der Waals surface area contributed by atoms with Gasteiger partial charge in [-0.2, -0.15) is 0 Å². The van der Waals surface area contributed by atoms with Crippen molar-refractivity contribution in [3.05, 3.63) is 53.5 Å². The summed E-state index contributed by atoms with van der Waals surface area (Å²) in [5, 5.41) is 2.83. The minimum absolute atomic E-state index is 0.117. The van der Waals surface area contributed by atoms with Crippen LogP contribution in [0.5, 0.6) is 0 Å². The lowest BCUT2D eigenvalue weighted by molar-refractivity contribution is 0.0954. The van der Waals surface area contributed by atoms with E-state index in [0.717, 1.165) is 11.3 Å². The topological polar surface area (TPSA) is 68.3 Å². The predicted molar refractivity (Wildman–Crippen MR) is 70.3 cm³/mol. The summed E-state index contributed by atoms with van der Waals surface area (Å²) in [7, 11) is 0. The van der Waals surface area contributed by atoms with Crippen LogP contribution in [0.3, 0.4) is 0 Å². The number of nitrogens with one attached hydrogen (secondary N) is 1. The largest absolute Gasteiger partial charge is 0.469 e. The summed E-state index contributed by atoms with van der Waals surface area (Å²) in [6, 6.07) is 9.02. The van der Waals surface area contributed by atoms with Crippen LogP contribution >= 0.6 is 0 Å². The summed E-state index contributed by atoms with van der Waals surface area (Å²) < 4.78 is 5.18. The van der Waals surface area contributed by atoms with Crippen LogP contribution in [0.2, 0.25) is 0 Å². The Balaban J connectivity index is 1.89. The van der Waals surface area contributed by atoms with E-state index in [1.807, 2.05) is 25.1 Å². The zero-order valence-electron chi connectivity index (χ0n) is 10.3. The van der Waals surface area contributed by atoms with Crippen LogP contribution in [0.4, 0.5) is 5.69 Å². The Kier molecular flexibility index (Phi) is 3.67. The zero-order valence-corrected chi connectivity index (χ0v) is 10.3. The molecular formula is C14H16N2O2. The Morgan fingerprint density at radius 3 is 2.89 bits per heavy atom. The Morgan fingerprint density at radius 1 is 1.39 bits per heavy atom. The maximum atomic E-state index is 11.8. The monoisotopic (exact) mass is 244 g/mol. The first-order valence-corrected chi connectivity index (χ1v) is 5.83. The molecule has 3 N–H and O–H groups in total. The summed E-state index contributed by atoms with van der Waals surface area (Å²) >= 11 is 0. The molecule has 0 spiro atoms. The summed E-state index contributed by atoms with van der Waals surface area (Å²) in [5.41, 5.74) is 7.96. The van der Waals surface area contributed by atoms with Crippen LogP contribution in [0.25, 0.3) is 0 Å². The highest BCUT2D eigenvalue weighted by molar-refractivity contribution is 5.95. The number of nitrogens with two attached hydrogens (primary N) is 1. The molecule has 0 aliphatic rings. The predicted octanol–water partition coefficient (Wildman–Crippen LogP) is 2.14. The maximum Gasteiger partial charge on any atom is 0.251 e. The van der Waals surface area contributed by atoms with E-state index in [1.54, 1.807) is 18.4 Å². The van der Waals surface area contributed by atoms with Crippen molar-refractivity contribution in [1.29, 1.82) is 0 Å². The average molecular weight is 244 g/mol. The van der Waals surface area contributed by atoms with Crippen LogP contribution in [-0.2, 0) is 6.42 Å². The first-order chi connectivity index (χ1) is 8.66. The molecule has 0 unspecified atom stereocenters. The Hall–Kier alpha value is -2.23. The number of rotatable bonds is 4. The molecule has 4 nitrogen and oxygen atoms in total. The van der Waals surface area contributed by atoms with Gasteiger partial charge in [0.05, 0.1) is 6.26 Å². The Morgan fingerprint density at radius 2 is 2.22 bits per heavy atom. The van der Waals surface area contributed by atoms with E-state index in [-0.39, 0.29) is 5.91 Å². The van der Waals surface area contributed by atoms with Crippen LogP contribution in [0, 0.1) is 6.92 Å². The molecule has 1 aromatic heterocycles. The second kappa shape index (κ2) is 5.40. The average Bonchev–Trinajstić information content (AvgIpc) is 2.85. The molecule has 1 aromatic carbocycles. The smallest absolute Gasteiger partial charge is 0.251 e. The van der Waals surface area contributed by atoms with Crippen LogP contribution in [-0.4, -0.2) is 12.5 Å². The third-order valence-corrected chi connectivity index (χ3v) is 2.78. The van der Waals surface area contributed by atoms with Crippen molar-refractivity contribution in [1.82, 2.24) is 5.32 Å². The SMILES string of the molecule is Cc1ccc(C(=O)NCCc2ccco2)cc1N. The minimum atomic E-state index is -0.117. The highest BCUT2D eigenvalue weighted by Gasteiger charge is 2.06. The number of amides is 1. The fraction of sp³-hybridized carbons (Fsp3) is 0.214. The van der Waals surface area contributed by atoms with Gasteiger partial charge in [-0.15, -0.1) is 0 Å². The van der Waals surface area contributed by atoms with Gasteiger partial charge in [0.15, 0.2) is 0 Å². The number of carbonyl (C=O) groups excluding carboxylic acids is 1. The van der Waals surface area contributed by atoms with Crippen molar-refractivity contribution < 1.29 is 9.21 Å². The highest BCUT2D eigenvalue weighted by atomic mass is 16.3. The van der Waals surface area contributed by atoms with Crippen molar-refractivity contribution in [2.45, 2.75) is 13.3 Å². The maximum absolute atomic E-state index is 11.8. The Bertz CT molecular complexity index is 533. The van der Waals surface area contributed by atoms with Gasteiger partial charge in [0.25, 0.3) is 5.91 Å². The minimum Gasteiger partial charge on any atom is -0.469 e. The third kappa shape index (κ3) is 2.91. The molecule has 0 fully saturated rings. The molecule has 18 heavy (non-hydrogen) atoms. The third-order valence-electron chi connectivity index (χ3n) is 2.78. The molecule has 0 aliphatic heterocycles. The molecule has 0 bridgehead atoms. The van der Waals surface area contributed by atoms with Crippen molar-refractivity contribution in [3.63, 3.8) is 0 Å². The summed E-state index contributed by atoms with van der Waals surface area (Å²) in [4.78, 5) is 11.8. The fourth-order valence-electron chi connectivity index (χ4n) is 1.64. The molecule has 94 valence electrons. The number of aryl methyl sites for hydroxylation is 1. The molecule has 2 aromatic rings. The fourth-order valence-corrected chi connectivity index (χ4v) is 1.64. The standard InChI is InChI=1S/C14H16N2O2/c1-10-4-5-11(9-13(10)15)14(17)16-7-6-12-3-2-8-18-12/h2-5,8-9H,6-7,15H2,1H3,(H,16,17). The van der Waals surface area contributed by atoms with Gasteiger partial charge in [0.2, 0.25) is 0 Å². The van der Waals surface area contributed by atoms with Crippen molar-refractivity contribution in [3.8, 4) is 0 Å². The molecule has 1 heterocycles. The molecule has 0 aliphatic carbocycles. The van der Waals surface area contributed by atoms with Gasteiger partial charge >= 0.3 is 0 Å². The number of hydrogen-bond acceptors (Lipinski definition) is 3. The second-order valence-corrected chi connectivity index (χ2v) is 4.16. The highest BCUT2D eigenvalue weighted by Crippen LogP contribution is 2.12. The molecule has 0 radical (unpaired) electrons. The number of hydrogen-bond donors (Lipinski definition) is 2. The summed E-state index contributed by atoms with van der Waals surface area (Å²) in [6.45, 7) is 2.45. The molecule has 0 saturated carbocycles. The van der Waals surface area contributed by atoms with Gasteiger partial charge in [0, 0.05) is 24.2 Å².